The number of amides is 2. The molecule has 1 heterocycles. The van der Waals surface area contributed by atoms with E-state index in [4.69, 9.17) is 6.42 Å². The fraction of sp³-hybridized carbons (Fsp3) is 0.269. The topological polar surface area (TPSA) is 130 Å². The molecule has 9 nitrogen and oxygen atoms in total. The molecule has 0 unspecified atom stereocenters. The minimum Gasteiger partial charge on any atom is -0.476 e. The van der Waals surface area contributed by atoms with E-state index in [2.05, 4.69) is 23.1 Å². The Labute approximate surface area is 220 Å². The highest BCUT2D eigenvalue weighted by atomic mass is 32.2. The number of carbonyl (C=O) groups excluding carboxylic acids is 1. The Kier molecular flexibility index (Phi) is 9.38. The normalized spacial score (nSPS) is 11.1. The van der Waals surface area contributed by atoms with Crippen molar-refractivity contribution in [3.63, 3.8) is 0 Å². The van der Waals surface area contributed by atoms with E-state index in [9.17, 15) is 23.1 Å². The lowest BCUT2D eigenvalue weighted by Crippen LogP contribution is -2.39. The summed E-state index contributed by atoms with van der Waals surface area (Å²) in [5.41, 5.74) is 2.02. The minimum atomic E-state index is -4.17. The number of aromatic carboxylic acids is 1. The molecular formula is C26H28N4O5S2. The Balaban J connectivity index is 1.92. The summed E-state index contributed by atoms with van der Waals surface area (Å²) < 4.78 is 29.4. The minimum absolute atomic E-state index is 0.0622. The van der Waals surface area contributed by atoms with Gasteiger partial charge >= 0.3 is 12.0 Å². The van der Waals surface area contributed by atoms with Gasteiger partial charge in [0.15, 0.2) is 5.69 Å². The van der Waals surface area contributed by atoms with Crippen LogP contribution in [0.2, 0.25) is 0 Å². The van der Waals surface area contributed by atoms with Crippen LogP contribution in [-0.2, 0) is 23.0 Å². The summed E-state index contributed by atoms with van der Waals surface area (Å²) in [6.07, 6.45) is 9.42. The van der Waals surface area contributed by atoms with Gasteiger partial charge < -0.3 is 15.0 Å². The zero-order valence-corrected chi connectivity index (χ0v) is 22.2. The van der Waals surface area contributed by atoms with Gasteiger partial charge in [-0.1, -0.05) is 61.7 Å². The molecule has 1 aromatic heterocycles. The molecule has 0 aliphatic carbocycles. The van der Waals surface area contributed by atoms with E-state index in [1.807, 2.05) is 16.9 Å². The van der Waals surface area contributed by atoms with Crippen LogP contribution < -0.4 is 10.0 Å². The number of urea groups is 1. The highest BCUT2D eigenvalue weighted by Crippen LogP contribution is 2.28. The van der Waals surface area contributed by atoms with Crippen LogP contribution in [0, 0.1) is 12.3 Å². The van der Waals surface area contributed by atoms with Crippen LogP contribution in [-0.4, -0.2) is 47.9 Å². The van der Waals surface area contributed by atoms with Crippen molar-refractivity contribution >= 4 is 33.8 Å². The van der Waals surface area contributed by atoms with Gasteiger partial charge in [0.1, 0.15) is 10.9 Å². The molecule has 0 saturated carbocycles. The van der Waals surface area contributed by atoms with Crippen molar-refractivity contribution in [3.05, 3.63) is 65.6 Å². The van der Waals surface area contributed by atoms with E-state index in [1.165, 1.54) is 17.8 Å². The third-order valence-corrected chi connectivity index (χ3v) is 7.59. The van der Waals surface area contributed by atoms with Crippen molar-refractivity contribution in [2.24, 2.45) is 0 Å². The lowest BCUT2D eigenvalue weighted by atomic mass is 10.0. The van der Waals surface area contributed by atoms with Crippen LogP contribution in [0.15, 0.2) is 58.5 Å². The Morgan fingerprint density at radius 2 is 1.86 bits per heavy atom. The van der Waals surface area contributed by atoms with Gasteiger partial charge in [-0.3, -0.25) is 0 Å². The number of nitrogens with zero attached hydrogens (tertiary/aromatic N) is 2. The molecule has 3 aromatic rings. The number of aryl methyl sites for hydroxylation is 1. The molecule has 2 amide bonds. The number of carboxylic acid groups (broad SMARTS) is 1. The molecule has 0 fully saturated rings. The number of imidazole rings is 1. The largest absolute Gasteiger partial charge is 0.476 e. The summed E-state index contributed by atoms with van der Waals surface area (Å²) in [4.78, 5) is 28.4. The molecule has 11 heteroatoms. The van der Waals surface area contributed by atoms with E-state index in [-0.39, 0.29) is 17.1 Å². The van der Waals surface area contributed by atoms with E-state index in [0.29, 0.717) is 29.1 Å². The fourth-order valence-corrected chi connectivity index (χ4v) is 5.52. The summed E-state index contributed by atoms with van der Waals surface area (Å²) in [6.45, 7) is 2.27. The van der Waals surface area contributed by atoms with Crippen molar-refractivity contribution in [3.8, 4) is 23.5 Å². The third-order valence-electron chi connectivity index (χ3n) is 5.52. The number of nitrogens with one attached hydrogen (secondary N) is 2. The average molecular weight is 541 g/mol. The number of rotatable bonds is 11. The van der Waals surface area contributed by atoms with Crippen molar-refractivity contribution in [2.75, 3.05) is 12.8 Å². The quantitative estimate of drug-likeness (QED) is 0.248. The Bertz CT molecular complexity index is 1420. The molecule has 3 rings (SSSR count). The maximum Gasteiger partial charge on any atom is 0.355 e. The first kappa shape index (κ1) is 27.8. The molecule has 3 N–H and O–H groups in total. The summed E-state index contributed by atoms with van der Waals surface area (Å²) in [7, 11) is -4.17. The summed E-state index contributed by atoms with van der Waals surface area (Å²) in [5, 5.41) is 12.6. The number of aromatic nitrogens is 2. The SMILES string of the molecule is C#CCNC(=O)NS(=O)(=O)c1ccccc1-c1ccc(Cn2c(CCCC)nc(SC)c2C(=O)O)cc1. The maximum absolute atomic E-state index is 12.9. The van der Waals surface area contributed by atoms with Gasteiger partial charge in [-0.05, 0) is 29.9 Å². The fourth-order valence-electron chi connectivity index (χ4n) is 3.78. The van der Waals surface area contributed by atoms with Crippen LogP contribution in [0.4, 0.5) is 4.79 Å². The number of unbranched alkanes of at least 4 members (excludes halogenated alkanes) is 1. The van der Waals surface area contributed by atoms with Gasteiger partial charge in [-0.15, -0.1) is 18.2 Å². The van der Waals surface area contributed by atoms with Crippen molar-refractivity contribution < 1.29 is 23.1 Å². The van der Waals surface area contributed by atoms with E-state index in [1.54, 1.807) is 41.2 Å². The molecule has 0 atom stereocenters. The van der Waals surface area contributed by atoms with Crippen LogP contribution in [0.3, 0.4) is 0 Å². The summed E-state index contributed by atoms with van der Waals surface area (Å²) in [6, 6.07) is 12.6. The van der Waals surface area contributed by atoms with E-state index < -0.39 is 22.0 Å². The van der Waals surface area contributed by atoms with Gasteiger partial charge in [-0.2, -0.15) is 0 Å². The van der Waals surface area contributed by atoms with E-state index in [0.717, 1.165) is 24.2 Å². The number of hydrogen-bond acceptors (Lipinski definition) is 6. The maximum atomic E-state index is 12.9. The molecule has 37 heavy (non-hydrogen) atoms. The monoisotopic (exact) mass is 540 g/mol. The predicted octanol–water partition coefficient (Wildman–Crippen LogP) is 3.98. The Hall–Kier alpha value is -3.75. The molecule has 0 saturated heterocycles. The van der Waals surface area contributed by atoms with E-state index >= 15 is 0 Å². The zero-order chi connectivity index (χ0) is 27.0. The third kappa shape index (κ3) is 6.72. The van der Waals surface area contributed by atoms with Crippen molar-refractivity contribution in [2.45, 2.75) is 42.7 Å². The number of terminal acetylenes is 1. The summed E-state index contributed by atoms with van der Waals surface area (Å²) >= 11 is 1.30. The number of thioether (sulfide) groups is 1. The van der Waals surface area contributed by atoms with Gasteiger partial charge in [0.05, 0.1) is 11.4 Å². The lowest BCUT2D eigenvalue weighted by molar-refractivity contribution is 0.0681. The molecule has 0 radical (unpaired) electrons. The molecule has 0 aliphatic heterocycles. The van der Waals surface area contributed by atoms with Crippen LogP contribution >= 0.6 is 11.8 Å². The molecule has 194 valence electrons. The molecule has 2 aromatic carbocycles. The number of benzene rings is 2. The first-order valence-electron chi connectivity index (χ1n) is 11.5. The van der Waals surface area contributed by atoms with Gasteiger partial charge in [-0.25, -0.2) is 27.7 Å². The second kappa shape index (κ2) is 12.5. The Morgan fingerprint density at radius 3 is 2.49 bits per heavy atom. The molecule has 0 bridgehead atoms. The molecule has 0 spiro atoms. The van der Waals surface area contributed by atoms with Crippen LogP contribution in [0.5, 0.6) is 0 Å². The van der Waals surface area contributed by atoms with Crippen molar-refractivity contribution in [1.82, 2.24) is 19.6 Å². The highest BCUT2D eigenvalue weighted by molar-refractivity contribution is 7.98. The predicted molar refractivity (Wildman–Crippen MR) is 143 cm³/mol. The molecular weight excluding hydrogens is 512 g/mol. The first-order valence-corrected chi connectivity index (χ1v) is 14.2. The Morgan fingerprint density at radius 1 is 1.16 bits per heavy atom. The zero-order valence-electron chi connectivity index (χ0n) is 20.5. The smallest absolute Gasteiger partial charge is 0.355 e. The van der Waals surface area contributed by atoms with Crippen LogP contribution in [0.1, 0.15) is 41.6 Å². The molecule has 0 aliphatic rings. The number of sulfonamides is 1. The van der Waals surface area contributed by atoms with Crippen LogP contribution in [0.25, 0.3) is 11.1 Å². The summed E-state index contributed by atoms with van der Waals surface area (Å²) in [5.74, 6) is 1.89. The van der Waals surface area contributed by atoms with Gasteiger partial charge in [0, 0.05) is 18.5 Å². The van der Waals surface area contributed by atoms with Gasteiger partial charge in [0.2, 0.25) is 0 Å². The lowest BCUT2D eigenvalue weighted by Gasteiger charge is -2.13. The standard InChI is InChI=1S/C26H28N4O5S2/c1-4-6-11-22-28-24(36-3)23(25(31)32)30(22)17-18-12-14-19(15-13-18)20-9-7-8-10-21(20)37(34,35)29-26(33)27-16-5-2/h2,7-10,12-15H,4,6,11,16-17H2,1,3H3,(H,31,32)(H2,27,29,33). The number of carbonyl (C=O) groups is 2. The second-order valence-corrected chi connectivity index (χ2v) is 10.5. The number of hydrogen-bond donors (Lipinski definition) is 3. The van der Waals surface area contributed by atoms with Gasteiger partial charge in [0.25, 0.3) is 10.0 Å². The number of carboxylic acids is 1. The second-order valence-electron chi connectivity index (χ2n) is 8.07. The highest BCUT2D eigenvalue weighted by Gasteiger charge is 2.23. The van der Waals surface area contributed by atoms with Crippen molar-refractivity contribution in [1.29, 1.82) is 0 Å². The average Bonchev–Trinajstić information content (AvgIpc) is 3.23. The first-order chi connectivity index (χ1) is 17.7.